The number of thiophene rings is 1. The zero-order valence-electron chi connectivity index (χ0n) is 14.3. The van der Waals surface area contributed by atoms with Crippen LogP contribution in [0.5, 0.6) is 0 Å². The Bertz CT molecular complexity index is 1000. The van der Waals surface area contributed by atoms with Crippen molar-refractivity contribution in [2.45, 2.75) is 34.1 Å². The minimum absolute atomic E-state index is 0.155. The van der Waals surface area contributed by atoms with Crippen LogP contribution in [0.1, 0.15) is 49.5 Å². The summed E-state index contributed by atoms with van der Waals surface area (Å²) in [4.78, 5) is 29.6. The molecule has 7 nitrogen and oxygen atoms in total. The molecule has 0 aromatic carbocycles. The molecule has 3 aromatic heterocycles. The molecule has 130 valence electrons. The van der Waals surface area contributed by atoms with Crippen LogP contribution in [0.25, 0.3) is 11.1 Å². The Morgan fingerprint density at radius 1 is 1.32 bits per heavy atom. The molecule has 0 spiro atoms. The first-order valence-corrected chi connectivity index (χ1v) is 8.55. The molecule has 0 saturated carbocycles. The monoisotopic (exact) mass is 359 g/mol. The van der Waals surface area contributed by atoms with Crippen LogP contribution in [0.15, 0.2) is 10.6 Å². The topological polar surface area (TPSA) is 105 Å². The summed E-state index contributed by atoms with van der Waals surface area (Å²) in [5, 5.41) is 17.0. The van der Waals surface area contributed by atoms with E-state index in [0.29, 0.717) is 33.8 Å². The van der Waals surface area contributed by atoms with Crippen molar-refractivity contribution in [2.24, 2.45) is 0 Å². The van der Waals surface area contributed by atoms with Gasteiger partial charge in [0, 0.05) is 10.6 Å². The van der Waals surface area contributed by atoms with Gasteiger partial charge in [-0.05, 0) is 38.8 Å². The van der Waals surface area contributed by atoms with Crippen LogP contribution in [0.2, 0.25) is 0 Å². The smallest absolute Gasteiger partial charge is 0.339 e. The molecule has 8 heteroatoms. The Labute approximate surface area is 147 Å². The summed E-state index contributed by atoms with van der Waals surface area (Å²) >= 11 is 1.27. The zero-order chi connectivity index (χ0) is 18.3. The maximum atomic E-state index is 12.8. The van der Waals surface area contributed by atoms with Gasteiger partial charge < -0.3 is 14.9 Å². The quantitative estimate of drug-likeness (QED) is 0.735. The molecule has 3 aromatic rings. The normalized spacial score (nSPS) is 11.0. The lowest BCUT2D eigenvalue weighted by atomic mass is 10.1. The first-order chi connectivity index (χ1) is 11.8. The van der Waals surface area contributed by atoms with Crippen LogP contribution in [-0.4, -0.2) is 27.1 Å². The molecule has 0 aliphatic rings. The van der Waals surface area contributed by atoms with Crippen molar-refractivity contribution < 1.29 is 19.2 Å². The third kappa shape index (κ3) is 2.89. The highest BCUT2D eigenvalue weighted by Crippen LogP contribution is 2.34. The summed E-state index contributed by atoms with van der Waals surface area (Å²) in [7, 11) is 0. The molecule has 2 N–H and O–H groups in total. The maximum absolute atomic E-state index is 12.8. The Balaban J connectivity index is 2.07. The van der Waals surface area contributed by atoms with Gasteiger partial charge in [-0.3, -0.25) is 4.79 Å². The number of nitrogens with zero attached hydrogens (tertiary/aromatic N) is 2. The highest BCUT2D eigenvalue weighted by Gasteiger charge is 2.24. The summed E-state index contributed by atoms with van der Waals surface area (Å²) in [5.74, 6) is -1.46. The number of rotatable bonds is 4. The highest BCUT2D eigenvalue weighted by atomic mass is 32.1. The van der Waals surface area contributed by atoms with E-state index >= 15 is 0 Å². The predicted octanol–water partition coefficient (Wildman–Crippen LogP) is 3.72. The molecule has 0 unspecified atom stereocenters. The van der Waals surface area contributed by atoms with Crippen LogP contribution < -0.4 is 5.32 Å². The van der Waals surface area contributed by atoms with Crippen molar-refractivity contribution in [2.75, 3.05) is 5.32 Å². The number of carboxylic acids is 1. The zero-order valence-corrected chi connectivity index (χ0v) is 15.1. The van der Waals surface area contributed by atoms with Gasteiger partial charge in [-0.2, -0.15) is 0 Å². The van der Waals surface area contributed by atoms with Crippen molar-refractivity contribution in [3.8, 4) is 0 Å². The average molecular weight is 359 g/mol. The summed E-state index contributed by atoms with van der Waals surface area (Å²) in [6, 6.07) is 1.64. The summed E-state index contributed by atoms with van der Waals surface area (Å²) in [5.41, 5.74) is 2.72. The molecule has 0 fully saturated rings. The van der Waals surface area contributed by atoms with Gasteiger partial charge in [-0.25, -0.2) is 9.78 Å². The molecule has 0 radical (unpaired) electrons. The predicted molar refractivity (Wildman–Crippen MR) is 94.6 cm³/mol. The van der Waals surface area contributed by atoms with E-state index in [1.807, 2.05) is 13.8 Å². The van der Waals surface area contributed by atoms with Crippen molar-refractivity contribution in [1.82, 2.24) is 10.1 Å². The van der Waals surface area contributed by atoms with E-state index in [1.165, 1.54) is 11.3 Å². The van der Waals surface area contributed by atoms with E-state index in [2.05, 4.69) is 15.5 Å². The van der Waals surface area contributed by atoms with Gasteiger partial charge in [-0.1, -0.05) is 12.1 Å². The fourth-order valence-corrected chi connectivity index (χ4v) is 4.02. The molecule has 3 rings (SSSR count). The largest absolute Gasteiger partial charge is 0.478 e. The Morgan fingerprint density at radius 3 is 2.68 bits per heavy atom. The van der Waals surface area contributed by atoms with E-state index in [4.69, 9.17) is 4.52 Å². The van der Waals surface area contributed by atoms with E-state index in [-0.39, 0.29) is 11.3 Å². The van der Waals surface area contributed by atoms with Gasteiger partial charge in [0.2, 0.25) is 0 Å². The number of anilines is 1. The Kier molecular flexibility index (Phi) is 4.30. The molecular weight excluding hydrogens is 342 g/mol. The number of hydrogen-bond donors (Lipinski definition) is 2. The summed E-state index contributed by atoms with van der Waals surface area (Å²) < 4.78 is 5.14. The van der Waals surface area contributed by atoms with E-state index in [0.717, 1.165) is 10.4 Å². The molecule has 0 atom stereocenters. The number of carbonyl (C=O) groups is 2. The van der Waals surface area contributed by atoms with Crippen LogP contribution in [-0.2, 0) is 6.42 Å². The summed E-state index contributed by atoms with van der Waals surface area (Å²) in [6.45, 7) is 7.22. The number of nitrogens with one attached hydrogen (secondary N) is 1. The fourth-order valence-electron chi connectivity index (χ4n) is 2.89. The molecule has 25 heavy (non-hydrogen) atoms. The van der Waals surface area contributed by atoms with Gasteiger partial charge in [-0.15, -0.1) is 11.3 Å². The number of carbonyl (C=O) groups excluding carboxylic acids is 1. The van der Waals surface area contributed by atoms with Crippen LogP contribution in [0.3, 0.4) is 0 Å². The van der Waals surface area contributed by atoms with Gasteiger partial charge in [0.15, 0.2) is 0 Å². The van der Waals surface area contributed by atoms with Gasteiger partial charge in [0.05, 0.1) is 22.2 Å². The molecule has 0 aliphatic heterocycles. The molecule has 3 heterocycles. The van der Waals surface area contributed by atoms with Crippen LogP contribution in [0, 0.1) is 20.8 Å². The van der Waals surface area contributed by atoms with Crippen molar-refractivity contribution in [1.29, 1.82) is 0 Å². The molecular formula is C17H17N3O4S. The number of amides is 1. The van der Waals surface area contributed by atoms with E-state index < -0.39 is 11.9 Å². The summed E-state index contributed by atoms with van der Waals surface area (Å²) in [6.07, 6.45) is 0.587. The van der Waals surface area contributed by atoms with Gasteiger partial charge >= 0.3 is 5.97 Å². The molecule has 0 saturated heterocycles. The van der Waals surface area contributed by atoms with Gasteiger partial charge in [0.25, 0.3) is 11.6 Å². The number of fused-ring (bicyclic) bond motifs is 1. The number of aryl methyl sites for hydroxylation is 3. The molecule has 0 bridgehead atoms. The second-order valence-electron chi connectivity index (χ2n) is 5.71. The fraction of sp³-hybridized carbons (Fsp3) is 0.294. The molecule has 0 aliphatic carbocycles. The lowest BCUT2D eigenvalue weighted by Gasteiger charge is -2.07. The minimum Gasteiger partial charge on any atom is -0.478 e. The number of aromatic carboxylic acids is 1. The van der Waals surface area contributed by atoms with Crippen LogP contribution >= 0.6 is 11.3 Å². The first-order valence-electron chi connectivity index (χ1n) is 7.74. The number of pyridine rings is 1. The third-order valence-corrected chi connectivity index (χ3v) is 5.06. The number of carboxylic acid groups (broad SMARTS) is 1. The number of hydrogen-bond acceptors (Lipinski definition) is 6. The van der Waals surface area contributed by atoms with E-state index in [9.17, 15) is 14.7 Å². The lowest BCUT2D eigenvalue weighted by molar-refractivity contribution is 0.0697. The minimum atomic E-state index is -1.05. The lowest BCUT2D eigenvalue weighted by Crippen LogP contribution is -2.15. The molecule has 1 amide bonds. The average Bonchev–Trinajstić information content (AvgIpc) is 3.06. The van der Waals surface area contributed by atoms with Gasteiger partial charge in [0.1, 0.15) is 5.00 Å². The Hall–Kier alpha value is -2.74. The van der Waals surface area contributed by atoms with Crippen molar-refractivity contribution in [3.05, 3.63) is 39.0 Å². The standard InChI is InChI=1S/C17H17N3O4S/c1-5-10-9(4)25-16(13(10)17(22)23)19-14(21)11-6-7(2)18-15-12(11)8(3)20-24-15/h6H,5H2,1-4H3,(H,19,21)(H,22,23). The Morgan fingerprint density at radius 2 is 2.04 bits per heavy atom. The second-order valence-corrected chi connectivity index (χ2v) is 6.94. The van der Waals surface area contributed by atoms with E-state index in [1.54, 1.807) is 19.9 Å². The SMILES string of the molecule is CCc1c(C)sc(NC(=O)c2cc(C)nc3onc(C)c23)c1C(=O)O. The third-order valence-electron chi connectivity index (χ3n) is 3.99. The van der Waals surface area contributed by atoms with Crippen LogP contribution in [0.4, 0.5) is 5.00 Å². The highest BCUT2D eigenvalue weighted by molar-refractivity contribution is 7.16. The second kappa shape index (κ2) is 6.29. The maximum Gasteiger partial charge on any atom is 0.339 e. The van der Waals surface area contributed by atoms with Crippen molar-refractivity contribution >= 4 is 39.3 Å². The van der Waals surface area contributed by atoms with Crippen molar-refractivity contribution in [3.63, 3.8) is 0 Å². The number of aromatic nitrogens is 2. The first kappa shape index (κ1) is 17.1.